The molecule has 0 aliphatic heterocycles. The maximum atomic E-state index is 13.1. The number of hydrogen-bond donors (Lipinski definition) is 2. The molecule has 1 heterocycles. The Bertz CT molecular complexity index is 1080. The van der Waals surface area contributed by atoms with Gasteiger partial charge in [-0.1, -0.05) is 60.3 Å². The first-order valence-corrected chi connectivity index (χ1v) is 11.2. The zero-order chi connectivity index (χ0) is 22.4. The Morgan fingerprint density at radius 3 is 2.35 bits per heavy atom. The zero-order valence-electron chi connectivity index (χ0n) is 18.2. The number of benzene rings is 2. The second kappa shape index (κ2) is 10.3. The van der Waals surface area contributed by atoms with Crippen molar-refractivity contribution in [1.29, 1.82) is 0 Å². The summed E-state index contributed by atoms with van der Waals surface area (Å²) < 4.78 is 0. The Morgan fingerprint density at radius 2 is 1.65 bits per heavy atom. The number of pyridine rings is 1. The molecule has 0 fully saturated rings. The summed E-state index contributed by atoms with van der Waals surface area (Å²) in [6.45, 7) is 7.68. The van der Waals surface area contributed by atoms with Crippen LogP contribution in [0.2, 0.25) is 0 Å². The summed E-state index contributed by atoms with van der Waals surface area (Å²) in [5.41, 5.74) is 4.94. The Labute approximate surface area is 187 Å². The summed E-state index contributed by atoms with van der Waals surface area (Å²) in [5.74, 6) is -0.148. The van der Waals surface area contributed by atoms with Crippen LogP contribution in [-0.4, -0.2) is 22.6 Å². The Balaban J connectivity index is 1.73. The van der Waals surface area contributed by atoms with Crippen molar-refractivity contribution in [2.75, 3.05) is 11.1 Å². The summed E-state index contributed by atoms with van der Waals surface area (Å²) in [7, 11) is 0. The molecule has 0 aliphatic rings. The van der Waals surface area contributed by atoms with Gasteiger partial charge in [0.05, 0.1) is 17.4 Å². The van der Waals surface area contributed by atoms with Gasteiger partial charge in [-0.15, -0.1) is 0 Å². The summed E-state index contributed by atoms with van der Waals surface area (Å²) in [5, 5.41) is 6.54. The fourth-order valence-corrected chi connectivity index (χ4v) is 4.28. The van der Waals surface area contributed by atoms with Crippen molar-refractivity contribution >= 4 is 29.3 Å². The third kappa shape index (κ3) is 5.95. The number of aromatic nitrogens is 1. The molecule has 31 heavy (non-hydrogen) atoms. The van der Waals surface area contributed by atoms with Crippen molar-refractivity contribution < 1.29 is 9.59 Å². The molecule has 2 aromatic carbocycles. The average molecular weight is 434 g/mol. The van der Waals surface area contributed by atoms with Gasteiger partial charge in [-0.25, -0.2) is 4.98 Å². The highest BCUT2D eigenvalue weighted by molar-refractivity contribution is 8.00. The predicted octanol–water partition coefficient (Wildman–Crippen LogP) is 5.23. The highest BCUT2D eigenvalue weighted by Crippen LogP contribution is 2.26. The number of thioether (sulfide) groups is 1. The Morgan fingerprint density at radius 1 is 0.968 bits per heavy atom. The van der Waals surface area contributed by atoms with E-state index in [1.807, 2.05) is 88.4 Å². The molecule has 2 amide bonds. The van der Waals surface area contributed by atoms with E-state index < -0.39 is 0 Å². The highest BCUT2D eigenvalue weighted by Gasteiger charge is 2.19. The number of hydrogen-bond acceptors (Lipinski definition) is 4. The first-order chi connectivity index (χ1) is 14.8. The van der Waals surface area contributed by atoms with Crippen LogP contribution in [0.1, 0.15) is 45.7 Å². The van der Waals surface area contributed by atoms with Crippen LogP contribution < -0.4 is 10.6 Å². The van der Waals surface area contributed by atoms with Crippen molar-refractivity contribution in [2.45, 2.75) is 38.8 Å². The lowest BCUT2D eigenvalue weighted by atomic mass is 10.1. The molecule has 0 spiro atoms. The lowest BCUT2D eigenvalue weighted by Gasteiger charge is -2.16. The lowest BCUT2D eigenvalue weighted by molar-refractivity contribution is -0.119. The smallest absolute Gasteiger partial charge is 0.258 e. The van der Waals surface area contributed by atoms with Gasteiger partial charge in [0.2, 0.25) is 5.91 Å². The molecular weight excluding hydrogens is 406 g/mol. The minimum Gasteiger partial charge on any atom is -0.349 e. The van der Waals surface area contributed by atoms with Crippen LogP contribution in [0.4, 0.5) is 5.69 Å². The molecule has 0 bridgehead atoms. The molecule has 0 unspecified atom stereocenters. The van der Waals surface area contributed by atoms with E-state index in [0.717, 1.165) is 28.1 Å². The largest absolute Gasteiger partial charge is 0.349 e. The van der Waals surface area contributed by atoms with Crippen LogP contribution in [0, 0.1) is 20.8 Å². The molecule has 1 atom stereocenters. The van der Waals surface area contributed by atoms with Crippen molar-refractivity contribution in [3.05, 3.63) is 88.6 Å². The van der Waals surface area contributed by atoms with Crippen molar-refractivity contribution in [3.63, 3.8) is 0 Å². The molecule has 2 N–H and O–H groups in total. The quantitative estimate of drug-likeness (QED) is 0.501. The number of carbonyl (C=O) groups is 2. The zero-order valence-corrected chi connectivity index (χ0v) is 19.0. The topological polar surface area (TPSA) is 71.1 Å². The minimum atomic E-state index is -0.222. The van der Waals surface area contributed by atoms with E-state index in [-0.39, 0.29) is 23.6 Å². The number of para-hydroxylation sites is 1. The van der Waals surface area contributed by atoms with Crippen LogP contribution in [0.3, 0.4) is 0 Å². The average Bonchev–Trinajstić information content (AvgIpc) is 2.74. The molecule has 3 rings (SSSR count). The fraction of sp³-hybridized carbons (Fsp3) is 0.240. The number of aryl methyl sites for hydroxylation is 3. The summed E-state index contributed by atoms with van der Waals surface area (Å²) in [6.07, 6.45) is 0. The van der Waals surface area contributed by atoms with Crippen LogP contribution >= 0.6 is 11.8 Å². The normalized spacial score (nSPS) is 11.6. The molecular formula is C25H27N3O2S. The Kier molecular flexibility index (Phi) is 7.47. The second-order valence-corrected chi connectivity index (χ2v) is 8.48. The summed E-state index contributed by atoms with van der Waals surface area (Å²) >= 11 is 1.28. The molecule has 6 heteroatoms. The molecule has 0 aliphatic carbocycles. The van der Waals surface area contributed by atoms with Gasteiger partial charge in [0.15, 0.2) is 0 Å². The second-order valence-electron chi connectivity index (χ2n) is 7.52. The molecule has 0 radical (unpaired) electrons. The third-order valence-electron chi connectivity index (χ3n) is 4.95. The fourth-order valence-electron chi connectivity index (χ4n) is 3.32. The van der Waals surface area contributed by atoms with Gasteiger partial charge in [-0.05, 0) is 56.5 Å². The van der Waals surface area contributed by atoms with Crippen LogP contribution in [0.15, 0.2) is 65.7 Å². The SMILES string of the molecule is Cc1cc(C)c(C(=O)Nc2ccccc2C)c(SCC(=O)N[C@@H](C)c2ccccc2)n1. The molecule has 3 aromatic rings. The van der Waals surface area contributed by atoms with Crippen molar-refractivity contribution in [3.8, 4) is 0 Å². The molecule has 160 valence electrons. The van der Waals surface area contributed by atoms with Gasteiger partial charge in [0.1, 0.15) is 5.03 Å². The maximum absolute atomic E-state index is 13.1. The van der Waals surface area contributed by atoms with Crippen molar-refractivity contribution in [1.82, 2.24) is 10.3 Å². The molecule has 1 aromatic heterocycles. The van der Waals surface area contributed by atoms with Gasteiger partial charge in [0, 0.05) is 11.4 Å². The van der Waals surface area contributed by atoms with Crippen LogP contribution in [0.25, 0.3) is 0 Å². The van der Waals surface area contributed by atoms with E-state index in [0.29, 0.717) is 10.6 Å². The van der Waals surface area contributed by atoms with E-state index >= 15 is 0 Å². The van der Waals surface area contributed by atoms with Crippen molar-refractivity contribution in [2.24, 2.45) is 0 Å². The van der Waals surface area contributed by atoms with E-state index in [1.54, 1.807) is 0 Å². The van der Waals surface area contributed by atoms with E-state index in [1.165, 1.54) is 11.8 Å². The van der Waals surface area contributed by atoms with E-state index in [2.05, 4.69) is 15.6 Å². The van der Waals surface area contributed by atoms with Crippen LogP contribution in [-0.2, 0) is 4.79 Å². The number of anilines is 1. The summed E-state index contributed by atoms with van der Waals surface area (Å²) in [4.78, 5) is 30.1. The van der Waals surface area contributed by atoms with Crippen LogP contribution in [0.5, 0.6) is 0 Å². The van der Waals surface area contributed by atoms with Gasteiger partial charge in [-0.2, -0.15) is 0 Å². The molecule has 0 saturated carbocycles. The highest BCUT2D eigenvalue weighted by atomic mass is 32.2. The predicted molar refractivity (Wildman–Crippen MR) is 127 cm³/mol. The third-order valence-corrected chi connectivity index (χ3v) is 5.92. The van der Waals surface area contributed by atoms with Gasteiger partial charge >= 0.3 is 0 Å². The van der Waals surface area contributed by atoms with E-state index in [4.69, 9.17) is 0 Å². The number of amides is 2. The standard InChI is InChI=1S/C25H27N3O2S/c1-16-10-8-9-13-21(16)28-24(30)23-17(2)14-18(3)26-25(23)31-15-22(29)27-19(4)20-11-6-5-7-12-20/h5-14,19H,15H2,1-4H3,(H,27,29)(H,28,30)/t19-/m0/s1. The first-order valence-electron chi connectivity index (χ1n) is 10.2. The van der Waals surface area contributed by atoms with Gasteiger partial charge in [0.25, 0.3) is 5.91 Å². The minimum absolute atomic E-state index is 0.0923. The van der Waals surface area contributed by atoms with E-state index in [9.17, 15) is 9.59 Å². The number of rotatable bonds is 7. The summed E-state index contributed by atoms with van der Waals surface area (Å²) in [6, 6.07) is 19.2. The number of nitrogens with one attached hydrogen (secondary N) is 2. The Hall–Kier alpha value is -3.12. The lowest BCUT2D eigenvalue weighted by Crippen LogP contribution is -2.28. The molecule has 0 saturated heterocycles. The first kappa shape index (κ1) is 22.6. The van der Waals surface area contributed by atoms with Gasteiger partial charge < -0.3 is 10.6 Å². The maximum Gasteiger partial charge on any atom is 0.258 e. The number of nitrogens with zero attached hydrogens (tertiary/aromatic N) is 1. The monoisotopic (exact) mass is 433 g/mol. The van der Waals surface area contributed by atoms with Gasteiger partial charge in [-0.3, -0.25) is 9.59 Å². The molecule has 5 nitrogen and oxygen atoms in total. The number of carbonyl (C=O) groups excluding carboxylic acids is 2.